The van der Waals surface area contributed by atoms with Gasteiger partial charge in [-0.15, -0.1) is 0 Å². The van der Waals surface area contributed by atoms with Gasteiger partial charge in [-0.2, -0.15) is 0 Å². The van der Waals surface area contributed by atoms with Gasteiger partial charge in [0.15, 0.2) is 0 Å². The Labute approximate surface area is 180 Å². The molecule has 4 heteroatoms. The number of unbranched alkanes of at least 4 members (excludes halogenated alkanes) is 8. The summed E-state index contributed by atoms with van der Waals surface area (Å²) in [7, 11) is 0. The van der Waals surface area contributed by atoms with E-state index in [1.165, 1.54) is 69.8 Å². The van der Waals surface area contributed by atoms with E-state index >= 15 is 0 Å². The predicted octanol–water partition coefficient (Wildman–Crippen LogP) is 6.92. The van der Waals surface area contributed by atoms with Crippen molar-refractivity contribution in [1.82, 2.24) is 0 Å². The van der Waals surface area contributed by atoms with Gasteiger partial charge in [-0.05, 0) is 37.0 Å². The van der Waals surface area contributed by atoms with Crippen molar-refractivity contribution in [1.29, 1.82) is 0 Å². The van der Waals surface area contributed by atoms with Gasteiger partial charge in [-0.1, -0.05) is 79.9 Å². The lowest BCUT2D eigenvalue weighted by molar-refractivity contribution is -0.150. The Morgan fingerprint density at radius 2 is 1.36 bits per heavy atom. The van der Waals surface area contributed by atoms with Gasteiger partial charge >= 0.3 is 0 Å². The van der Waals surface area contributed by atoms with Crippen LogP contribution in [0.4, 0.5) is 0 Å². The van der Waals surface area contributed by atoms with Crippen LogP contribution in [0.1, 0.15) is 76.7 Å². The molecule has 1 saturated heterocycles. The van der Waals surface area contributed by atoms with E-state index < -0.39 is 0 Å². The van der Waals surface area contributed by atoms with Gasteiger partial charge in [0.25, 0.3) is 0 Å². The molecule has 0 saturated carbocycles. The van der Waals surface area contributed by atoms with Crippen molar-refractivity contribution in [2.45, 2.75) is 77.7 Å². The summed E-state index contributed by atoms with van der Waals surface area (Å²) in [6, 6.07) is 8.36. The lowest BCUT2D eigenvalue weighted by atomic mass is 9.84. The van der Waals surface area contributed by atoms with Gasteiger partial charge in [-0.3, -0.25) is 0 Å². The summed E-state index contributed by atoms with van der Waals surface area (Å²) in [4.78, 5) is 0. The van der Waals surface area contributed by atoms with Crippen LogP contribution in [-0.2, 0) is 20.8 Å². The molecule has 2 rings (SSSR count). The fourth-order valence-corrected chi connectivity index (χ4v) is 3.75. The van der Waals surface area contributed by atoms with Crippen molar-refractivity contribution in [2.75, 3.05) is 33.0 Å². The minimum absolute atomic E-state index is 0.337. The van der Waals surface area contributed by atoms with E-state index in [4.69, 9.17) is 14.2 Å². The summed E-state index contributed by atoms with van der Waals surface area (Å²) in [6.07, 6.45) is 12.9. The van der Waals surface area contributed by atoms with Crippen LogP contribution in [0.2, 0.25) is 0 Å². The zero-order valence-corrected chi connectivity index (χ0v) is 19.3. The van der Waals surface area contributed by atoms with Crippen LogP contribution in [0.3, 0.4) is 0 Å². The molecular weight excluding hydrogens is 416 g/mol. The molecule has 1 heterocycles. The molecule has 0 radical (unpaired) electrons. The van der Waals surface area contributed by atoms with Crippen molar-refractivity contribution in [2.24, 2.45) is 5.41 Å². The van der Waals surface area contributed by atoms with Crippen LogP contribution in [0, 0.1) is 5.41 Å². The highest BCUT2D eigenvalue weighted by atomic mass is 79.9. The average Bonchev–Trinajstić information content (AvgIpc) is 2.68. The Balaban J connectivity index is 1.27. The van der Waals surface area contributed by atoms with Crippen LogP contribution < -0.4 is 0 Å². The number of halogens is 1. The molecule has 28 heavy (non-hydrogen) atoms. The topological polar surface area (TPSA) is 27.7 Å². The maximum absolute atomic E-state index is 5.86. The van der Waals surface area contributed by atoms with Crippen LogP contribution in [0.15, 0.2) is 28.7 Å². The highest BCUT2D eigenvalue weighted by Gasteiger charge is 2.36. The molecule has 1 aliphatic heterocycles. The molecule has 0 aromatic heterocycles. The second kappa shape index (κ2) is 14.5. The second-order valence-electron chi connectivity index (χ2n) is 8.26. The van der Waals surface area contributed by atoms with Crippen molar-refractivity contribution in [3.8, 4) is 0 Å². The summed E-state index contributed by atoms with van der Waals surface area (Å²) in [5, 5.41) is 0. The van der Waals surface area contributed by atoms with Gasteiger partial charge in [-0.25, -0.2) is 0 Å². The number of benzene rings is 1. The second-order valence-corrected chi connectivity index (χ2v) is 9.18. The molecule has 0 atom stereocenters. The molecule has 1 aromatic rings. The van der Waals surface area contributed by atoms with Crippen LogP contribution >= 0.6 is 15.9 Å². The molecule has 0 unspecified atom stereocenters. The molecule has 160 valence electrons. The maximum atomic E-state index is 5.86. The first-order valence-corrected chi connectivity index (χ1v) is 12.0. The Kier molecular flexibility index (Phi) is 12.4. The quantitative estimate of drug-likeness (QED) is 0.239. The third-order valence-corrected chi connectivity index (χ3v) is 6.26. The third-order valence-electron chi connectivity index (χ3n) is 5.73. The molecule has 0 aliphatic carbocycles. The van der Waals surface area contributed by atoms with E-state index in [-0.39, 0.29) is 0 Å². The largest absolute Gasteiger partial charge is 0.381 e. The van der Waals surface area contributed by atoms with E-state index in [0.29, 0.717) is 5.41 Å². The maximum Gasteiger partial charge on any atom is 0.0716 e. The fourth-order valence-electron chi connectivity index (χ4n) is 3.49. The third kappa shape index (κ3) is 9.87. The number of hydrogen-bond acceptors (Lipinski definition) is 3. The number of hydrogen-bond donors (Lipinski definition) is 0. The highest BCUT2D eigenvalue weighted by molar-refractivity contribution is 9.10. The molecule has 1 aromatic carbocycles. The summed E-state index contributed by atoms with van der Waals surface area (Å²) >= 11 is 3.46. The van der Waals surface area contributed by atoms with Crippen molar-refractivity contribution in [3.63, 3.8) is 0 Å². The number of rotatable bonds is 17. The summed E-state index contributed by atoms with van der Waals surface area (Å²) < 4.78 is 18.1. The zero-order chi connectivity index (χ0) is 19.9. The van der Waals surface area contributed by atoms with Crippen molar-refractivity contribution >= 4 is 15.9 Å². The summed E-state index contributed by atoms with van der Waals surface area (Å²) in [5.41, 5.74) is 1.58. The normalized spacial score (nSPS) is 15.5. The van der Waals surface area contributed by atoms with E-state index in [2.05, 4.69) is 47.1 Å². The molecule has 0 spiro atoms. The fraction of sp³-hybridized carbons (Fsp3) is 0.750. The van der Waals surface area contributed by atoms with Crippen molar-refractivity contribution < 1.29 is 14.2 Å². The Hall–Kier alpha value is -0.420. The van der Waals surface area contributed by atoms with E-state index in [0.717, 1.165) is 44.1 Å². The van der Waals surface area contributed by atoms with E-state index in [9.17, 15) is 0 Å². The molecule has 1 fully saturated rings. The van der Waals surface area contributed by atoms with Crippen molar-refractivity contribution in [3.05, 3.63) is 34.3 Å². The first kappa shape index (κ1) is 23.9. The number of ether oxygens (including phenoxy) is 3. The molecule has 3 nitrogen and oxygen atoms in total. The summed E-state index contributed by atoms with van der Waals surface area (Å²) in [5.74, 6) is 0. The standard InChI is InChI=1S/C24H39BrO3/c1-2-24(20-28-21-24)19-27-17-11-9-7-5-3-4-6-8-10-16-26-18-22-12-14-23(25)15-13-22/h12-15H,2-11,16-21H2,1H3. The Bertz CT molecular complexity index is 494. The van der Waals surface area contributed by atoms with Crippen LogP contribution in [-0.4, -0.2) is 33.0 Å². The van der Waals surface area contributed by atoms with Gasteiger partial charge in [0.05, 0.1) is 26.4 Å². The molecular formula is C24H39BrO3. The minimum Gasteiger partial charge on any atom is -0.381 e. The van der Waals surface area contributed by atoms with Gasteiger partial charge in [0.1, 0.15) is 0 Å². The minimum atomic E-state index is 0.337. The zero-order valence-electron chi connectivity index (χ0n) is 17.7. The van der Waals surface area contributed by atoms with Crippen LogP contribution in [0.5, 0.6) is 0 Å². The van der Waals surface area contributed by atoms with Gasteiger partial charge in [0, 0.05) is 23.1 Å². The predicted molar refractivity (Wildman–Crippen MR) is 120 cm³/mol. The average molecular weight is 455 g/mol. The molecule has 1 aliphatic rings. The first-order valence-electron chi connectivity index (χ1n) is 11.2. The Morgan fingerprint density at radius 3 is 1.86 bits per heavy atom. The lowest BCUT2D eigenvalue weighted by Gasteiger charge is -2.40. The highest BCUT2D eigenvalue weighted by Crippen LogP contribution is 2.31. The molecule has 0 amide bonds. The van der Waals surface area contributed by atoms with E-state index in [1.54, 1.807) is 0 Å². The van der Waals surface area contributed by atoms with Gasteiger partial charge < -0.3 is 14.2 Å². The monoisotopic (exact) mass is 454 g/mol. The first-order chi connectivity index (χ1) is 13.7. The Morgan fingerprint density at radius 1 is 0.821 bits per heavy atom. The molecule has 0 N–H and O–H groups in total. The SMILES string of the molecule is CCC1(COCCCCCCCCCCCOCc2ccc(Br)cc2)COC1. The molecule has 0 bridgehead atoms. The van der Waals surface area contributed by atoms with Gasteiger partial charge in [0.2, 0.25) is 0 Å². The van der Waals surface area contributed by atoms with Crippen LogP contribution in [0.25, 0.3) is 0 Å². The smallest absolute Gasteiger partial charge is 0.0716 e. The lowest BCUT2D eigenvalue weighted by Crippen LogP contribution is -2.45. The summed E-state index contributed by atoms with van der Waals surface area (Å²) in [6.45, 7) is 7.43. The van der Waals surface area contributed by atoms with E-state index in [1.807, 2.05) is 0 Å².